The average Bonchev–Trinajstić information content (AvgIpc) is 2.39. The predicted molar refractivity (Wildman–Crippen MR) is 85.3 cm³/mol. The molecule has 2 nitrogen and oxygen atoms in total. The molecule has 0 fully saturated rings. The molecule has 0 rings (SSSR count). The summed E-state index contributed by atoms with van der Waals surface area (Å²) < 4.78 is 0. The second-order valence-corrected chi connectivity index (χ2v) is 7.33. The molecule has 0 atom stereocenters. The zero-order valence-corrected chi connectivity index (χ0v) is 13.2. The van der Waals surface area contributed by atoms with Gasteiger partial charge in [0.15, 0.2) is 0 Å². The third-order valence-corrected chi connectivity index (χ3v) is 5.36. The SMILES string of the molecule is OCCCCCCCCCCCCSSCCO. The zero-order valence-electron chi connectivity index (χ0n) is 11.6. The Bertz CT molecular complexity index is 130. The third kappa shape index (κ3) is 16.6. The first-order valence-corrected chi connectivity index (χ1v) is 9.86. The van der Waals surface area contributed by atoms with Crippen LogP contribution in [0.15, 0.2) is 0 Å². The maximum atomic E-state index is 8.64. The van der Waals surface area contributed by atoms with E-state index in [2.05, 4.69) is 0 Å². The molecule has 0 heterocycles. The van der Waals surface area contributed by atoms with Crippen LogP contribution in [0.5, 0.6) is 0 Å². The van der Waals surface area contributed by atoms with Crippen LogP contribution in [0.1, 0.15) is 64.2 Å². The molecule has 0 aromatic carbocycles. The lowest BCUT2D eigenvalue weighted by atomic mass is 10.1. The Morgan fingerprint density at radius 1 is 0.444 bits per heavy atom. The van der Waals surface area contributed by atoms with Crippen LogP contribution in [0, 0.1) is 0 Å². The molecule has 0 aliphatic carbocycles. The lowest BCUT2D eigenvalue weighted by molar-refractivity contribution is 0.282. The van der Waals surface area contributed by atoms with E-state index in [4.69, 9.17) is 10.2 Å². The summed E-state index contributed by atoms with van der Waals surface area (Å²) >= 11 is 0. The number of rotatable bonds is 15. The molecule has 0 amide bonds. The second kappa shape index (κ2) is 17.6. The van der Waals surface area contributed by atoms with Crippen molar-refractivity contribution in [1.82, 2.24) is 0 Å². The first kappa shape index (κ1) is 18.6. The summed E-state index contributed by atoms with van der Waals surface area (Å²) in [6.07, 6.45) is 13.0. The number of hydrogen-bond acceptors (Lipinski definition) is 4. The van der Waals surface area contributed by atoms with E-state index < -0.39 is 0 Å². The summed E-state index contributed by atoms with van der Waals surface area (Å²) in [5, 5.41) is 17.3. The van der Waals surface area contributed by atoms with Crippen molar-refractivity contribution < 1.29 is 10.2 Å². The van der Waals surface area contributed by atoms with Gasteiger partial charge in [-0.3, -0.25) is 0 Å². The molecule has 0 aromatic rings. The van der Waals surface area contributed by atoms with Crippen LogP contribution < -0.4 is 0 Å². The second-order valence-electron chi connectivity index (χ2n) is 4.63. The van der Waals surface area contributed by atoms with Crippen LogP contribution in [-0.4, -0.2) is 34.9 Å². The highest BCUT2D eigenvalue weighted by Crippen LogP contribution is 2.22. The summed E-state index contributed by atoms with van der Waals surface area (Å²) in [5.74, 6) is 2.09. The van der Waals surface area contributed by atoms with E-state index in [0.29, 0.717) is 13.2 Å². The molecule has 0 bridgehead atoms. The highest BCUT2D eigenvalue weighted by molar-refractivity contribution is 8.76. The standard InChI is InChI=1S/C14H30O2S2/c15-11-9-7-5-3-1-2-4-6-8-10-13-17-18-14-12-16/h15-16H,1-14H2. The minimum atomic E-state index is 0.302. The van der Waals surface area contributed by atoms with Gasteiger partial charge in [-0.2, -0.15) is 0 Å². The Hall–Kier alpha value is 0.620. The summed E-state index contributed by atoms with van der Waals surface area (Å²) in [6.45, 7) is 0.657. The van der Waals surface area contributed by atoms with Gasteiger partial charge in [0.25, 0.3) is 0 Å². The number of unbranched alkanes of at least 4 members (excludes halogenated alkanes) is 9. The fraction of sp³-hybridized carbons (Fsp3) is 1.00. The van der Waals surface area contributed by atoms with Gasteiger partial charge >= 0.3 is 0 Å². The molecule has 4 heteroatoms. The van der Waals surface area contributed by atoms with Crippen molar-refractivity contribution in [1.29, 1.82) is 0 Å². The van der Waals surface area contributed by atoms with Gasteiger partial charge in [-0.15, -0.1) is 0 Å². The molecule has 110 valence electrons. The van der Waals surface area contributed by atoms with Crippen LogP contribution in [0.3, 0.4) is 0 Å². The van der Waals surface area contributed by atoms with E-state index in [0.717, 1.165) is 12.2 Å². The summed E-state index contributed by atoms with van der Waals surface area (Å²) in [7, 11) is 3.68. The van der Waals surface area contributed by atoms with Gasteiger partial charge in [0.2, 0.25) is 0 Å². The van der Waals surface area contributed by atoms with E-state index in [-0.39, 0.29) is 0 Å². The monoisotopic (exact) mass is 294 g/mol. The summed E-state index contributed by atoms with van der Waals surface area (Å²) in [4.78, 5) is 0. The third-order valence-electron chi connectivity index (χ3n) is 2.89. The average molecular weight is 295 g/mol. The minimum Gasteiger partial charge on any atom is -0.396 e. The van der Waals surface area contributed by atoms with E-state index in [1.807, 2.05) is 10.8 Å². The van der Waals surface area contributed by atoms with Crippen molar-refractivity contribution in [3.8, 4) is 0 Å². The maximum Gasteiger partial charge on any atom is 0.0530 e. The lowest BCUT2D eigenvalue weighted by Gasteiger charge is -2.02. The first-order chi connectivity index (χ1) is 8.91. The smallest absolute Gasteiger partial charge is 0.0530 e. The van der Waals surface area contributed by atoms with Gasteiger partial charge in [-0.1, -0.05) is 73.0 Å². The Balaban J connectivity index is 2.86. The van der Waals surface area contributed by atoms with Crippen LogP contribution in [0.2, 0.25) is 0 Å². The van der Waals surface area contributed by atoms with Crippen LogP contribution in [0.25, 0.3) is 0 Å². The maximum absolute atomic E-state index is 8.64. The predicted octanol–water partition coefficient (Wildman–Crippen LogP) is 4.25. The van der Waals surface area contributed by atoms with Crippen LogP contribution in [-0.2, 0) is 0 Å². The summed E-state index contributed by atoms with van der Waals surface area (Å²) in [5.41, 5.74) is 0. The van der Waals surface area contributed by atoms with Gasteiger partial charge < -0.3 is 10.2 Å². The molecular formula is C14H30O2S2. The minimum absolute atomic E-state index is 0.302. The highest BCUT2D eigenvalue weighted by atomic mass is 33.1. The quantitative estimate of drug-likeness (QED) is 0.350. The highest BCUT2D eigenvalue weighted by Gasteiger charge is 1.94. The Morgan fingerprint density at radius 3 is 1.39 bits per heavy atom. The molecule has 0 aromatic heterocycles. The molecule has 0 spiro atoms. The normalized spacial score (nSPS) is 11.0. The number of aliphatic hydroxyl groups excluding tert-OH is 2. The van der Waals surface area contributed by atoms with Crippen molar-refractivity contribution in [3.05, 3.63) is 0 Å². The first-order valence-electron chi connectivity index (χ1n) is 7.38. The van der Waals surface area contributed by atoms with Crippen molar-refractivity contribution in [2.75, 3.05) is 24.7 Å². The van der Waals surface area contributed by atoms with E-state index in [9.17, 15) is 0 Å². The van der Waals surface area contributed by atoms with Crippen molar-refractivity contribution >= 4 is 21.6 Å². The van der Waals surface area contributed by atoms with E-state index in [1.165, 1.54) is 63.5 Å². The number of aliphatic hydroxyl groups is 2. The molecule has 0 unspecified atom stereocenters. The fourth-order valence-electron chi connectivity index (χ4n) is 1.84. The molecular weight excluding hydrogens is 264 g/mol. The summed E-state index contributed by atoms with van der Waals surface area (Å²) in [6, 6.07) is 0. The molecule has 0 aliphatic heterocycles. The Morgan fingerprint density at radius 2 is 0.889 bits per heavy atom. The Kier molecular flexibility index (Phi) is 18.2. The fourth-order valence-corrected chi connectivity index (χ4v) is 3.76. The van der Waals surface area contributed by atoms with Crippen molar-refractivity contribution in [2.24, 2.45) is 0 Å². The van der Waals surface area contributed by atoms with Crippen molar-refractivity contribution in [2.45, 2.75) is 64.2 Å². The topological polar surface area (TPSA) is 40.5 Å². The van der Waals surface area contributed by atoms with Crippen molar-refractivity contribution in [3.63, 3.8) is 0 Å². The number of hydrogen-bond donors (Lipinski definition) is 2. The van der Waals surface area contributed by atoms with Crippen LogP contribution >= 0.6 is 21.6 Å². The van der Waals surface area contributed by atoms with Gasteiger partial charge in [0.05, 0.1) is 6.61 Å². The largest absolute Gasteiger partial charge is 0.396 e. The molecule has 18 heavy (non-hydrogen) atoms. The van der Waals surface area contributed by atoms with Gasteiger partial charge in [-0.25, -0.2) is 0 Å². The lowest BCUT2D eigenvalue weighted by Crippen LogP contribution is -1.85. The van der Waals surface area contributed by atoms with Gasteiger partial charge in [0, 0.05) is 18.1 Å². The molecule has 0 saturated heterocycles. The molecule has 0 radical (unpaired) electrons. The van der Waals surface area contributed by atoms with E-state index >= 15 is 0 Å². The molecule has 0 aliphatic rings. The zero-order chi connectivity index (χ0) is 13.3. The van der Waals surface area contributed by atoms with Gasteiger partial charge in [0.1, 0.15) is 0 Å². The van der Waals surface area contributed by atoms with E-state index in [1.54, 1.807) is 10.8 Å². The Labute approximate surface area is 121 Å². The molecule has 0 saturated carbocycles. The van der Waals surface area contributed by atoms with Crippen LogP contribution in [0.4, 0.5) is 0 Å². The molecule has 2 N–H and O–H groups in total. The van der Waals surface area contributed by atoms with Gasteiger partial charge in [-0.05, 0) is 12.8 Å².